The summed E-state index contributed by atoms with van der Waals surface area (Å²) in [6.07, 6.45) is 2.59. The lowest BCUT2D eigenvalue weighted by Crippen LogP contribution is -2.39. The topological polar surface area (TPSA) is 18.5 Å². The van der Waals surface area contributed by atoms with E-state index in [2.05, 4.69) is 56.2 Å². The van der Waals surface area contributed by atoms with Crippen molar-refractivity contribution >= 4 is 21.6 Å². The summed E-state index contributed by atoms with van der Waals surface area (Å²) in [5.41, 5.74) is 2.78. The molecule has 3 nitrogen and oxygen atoms in total. The molecule has 3 rings (SSSR count). The Balaban J connectivity index is 1.66. The van der Waals surface area contributed by atoms with Crippen molar-refractivity contribution in [3.63, 3.8) is 0 Å². The molecule has 1 unspecified atom stereocenters. The Kier molecular flexibility index (Phi) is 4.64. The molecule has 0 saturated carbocycles. The van der Waals surface area contributed by atoms with Gasteiger partial charge in [0.1, 0.15) is 0 Å². The van der Waals surface area contributed by atoms with Gasteiger partial charge in [0.25, 0.3) is 0 Å². The number of anilines is 1. The van der Waals surface area contributed by atoms with Crippen LogP contribution in [0.2, 0.25) is 0 Å². The predicted octanol–water partition coefficient (Wildman–Crippen LogP) is 2.63. The van der Waals surface area contributed by atoms with Gasteiger partial charge in [-0.25, -0.2) is 0 Å². The average molecular weight is 338 g/mol. The minimum Gasteiger partial charge on any atom is -0.370 e. The van der Waals surface area contributed by atoms with E-state index in [9.17, 15) is 0 Å². The van der Waals surface area contributed by atoms with Crippen molar-refractivity contribution < 1.29 is 0 Å². The molecule has 110 valence electrons. The fourth-order valence-electron chi connectivity index (χ4n) is 3.46. The molecule has 1 aromatic rings. The van der Waals surface area contributed by atoms with E-state index in [1.807, 2.05) is 0 Å². The standard InChI is InChI=1S/C16H24BrN3/c1-13-11-14(17)3-4-16(13)20-9-5-15(12-20)19-8-2-6-18-7-10-19/h3-4,11,15,18H,2,5-10,12H2,1H3. The maximum atomic E-state index is 3.55. The van der Waals surface area contributed by atoms with Crippen LogP contribution in [0.1, 0.15) is 18.4 Å². The second kappa shape index (κ2) is 6.46. The van der Waals surface area contributed by atoms with E-state index >= 15 is 0 Å². The summed E-state index contributed by atoms with van der Waals surface area (Å²) in [4.78, 5) is 5.25. The molecule has 0 amide bonds. The van der Waals surface area contributed by atoms with Crippen molar-refractivity contribution in [2.45, 2.75) is 25.8 Å². The first-order chi connectivity index (χ1) is 9.74. The zero-order valence-electron chi connectivity index (χ0n) is 12.2. The van der Waals surface area contributed by atoms with Gasteiger partial charge in [-0.1, -0.05) is 15.9 Å². The second-order valence-electron chi connectivity index (χ2n) is 5.96. The van der Waals surface area contributed by atoms with Crippen LogP contribution in [-0.2, 0) is 0 Å². The monoisotopic (exact) mass is 337 g/mol. The Morgan fingerprint density at radius 1 is 1.20 bits per heavy atom. The molecule has 0 radical (unpaired) electrons. The lowest BCUT2D eigenvalue weighted by Gasteiger charge is -2.28. The third-order valence-electron chi connectivity index (χ3n) is 4.55. The van der Waals surface area contributed by atoms with Gasteiger partial charge in [0, 0.05) is 42.4 Å². The largest absolute Gasteiger partial charge is 0.370 e. The third kappa shape index (κ3) is 3.18. The molecule has 2 aliphatic rings. The smallest absolute Gasteiger partial charge is 0.0397 e. The van der Waals surface area contributed by atoms with Gasteiger partial charge >= 0.3 is 0 Å². The molecule has 0 aliphatic carbocycles. The zero-order valence-corrected chi connectivity index (χ0v) is 13.8. The number of benzene rings is 1. The van der Waals surface area contributed by atoms with Crippen LogP contribution in [0.15, 0.2) is 22.7 Å². The van der Waals surface area contributed by atoms with Gasteiger partial charge < -0.3 is 10.2 Å². The summed E-state index contributed by atoms with van der Waals surface area (Å²) in [6, 6.07) is 7.37. The van der Waals surface area contributed by atoms with E-state index in [0.717, 1.165) is 12.6 Å². The molecule has 1 atom stereocenters. The maximum absolute atomic E-state index is 3.55. The minimum absolute atomic E-state index is 0.734. The number of halogens is 1. The normalized spacial score (nSPS) is 24.9. The van der Waals surface area contributed by atoms with Crippen molar-refractivity contribution in [1.82, 2.24) is 10.2 Å². The number of hydrogen-bond donors (Lipinski definition) is 1. The molecule has 1 N–H and O–H groups in total. The van der Waals surface area contributed by atoms with E-state index in [1.54, 1.807) is 0 Å². The maximum Gasteiger partial charge on any atom is 0.0397 e. The Bertz CT molecular complexity index is 455. The van der Waals surface area contributed by atoms with Gasteiger partial charge in [-0.15, -0.1) is 0 Å². The summed E-state index contributed by atoms with van der Waals surface area (Å²) in [6.45, 7) is 9.37. The second-order valence-corrected chi connectivity index (χ2v) is 6.87. The van der Waals surface area contributed by atoms with E-state index in [-0.39, 0.29) is 0 Å². The number of hydrogen-bond acceptors (Lipinski definition) is 3. The van der Waals surface area contributed by atoms with Crippen LogP contribution in [-0.4, -0.2) is 50.2 Å². The fourth-order valence-corrected chi connectivity index (χ4v) is 3.94. The Morgan fingerprint density at radius 2 is 2.10 bits per heavy atom. The first-order valence-electron chi connectivity index (χ1n) is 7.70. The van der Waals surface area contributed by atoms with E-state index in [0.29, 0.717) is 0 Å². The van der Waals surface area contributed by atoms with Gasteiger partial charge in [0.2, 0.25) is 0 Å². The summed E-state index contributed by atoms with van der Waals surface area (Å²) in [7, 11) is 0. The Morgan fingerprint density at radius 3 is 2.95 bits per heavy atom. The molecule has 4 heteroatoms. The van der Waals surface area contributed by atoms with E-state index in [4.69, 9.17) is 0 Å². The molecular formula is C16H24BrN3. The summed E-state index contributed by atoms with van der Waals surface area (Å²) < 4.78 is 1.17. The molecule has 2 saturated heterocycles. The molecule has 20 heavy (non-hydrogen) atoms. The van der Waals surface area contributed by atoms with Crippen LogP contribution in [0.5, 0.6) is 0 Å². The van der Waals surface area contributed by atoms with Crippen molar-refractivity contribution in [3.05, 3.63) is 28.2 Å². The molecule has 0 bridgehead atoms. The van der Waals surface area contributed by atoms with Crippen LogP contribution in [0.4, 0.5) is 5.69 Å². The highest BCUT2D eigenvalue weighted by Crippen LogP contribution is 2.28. The number of rotatable bonds is 2. The average Bonchev–Trinajstić information content (AvgIpc) is 2.74. The van der Waals surface area contributed by atoms with E-state index < -0.39 is 0 Å². The number of nitrogens with zero attached hydrogens (tertiary/aromatic N) is 2. The lowest BCUT2D eigenvalue weighted by molar-refractivity contribution is 0.224. The van der Waals surface area contributed by atoms with Gasteiger partial charge in [0.15, 0.2) is 0 Å². The first kappa shape index (κ1) is 14.4. The Labute approximate surface area is 130 Å². The van der Waals surface area contributed by atoms with Gasteiger partial charge in [-0.05, 0) is 56.6 Å². The highest BCUT2D eigenvalue weighted by molar-refractivity contribution is 9.10. The van der Waals surface area contributed by atoms with E-state index in [1.165, 1.54) is 61.3 Å². The van der Waals surface area contributed by atoms with Crippen LogP contribution >= 0.6 is 15.9 Å². The molecule has 0 aromatic heterocycles. The quantitative estimate of drug-likeness (QED) is 0.894. The third-order valence-corrected chi connectivity index (χ3v) is 5.05. The van der Waals surface area contributed by atoms with Gasteiger partial charge in [0.05, 0.1) is 0 Å². The van der Waals surface area contributed by atoms with Crippen molar-refractivity contribution in [3.8, 4) is 0 Å². The highest BCUT2D eigenvalue weighted by Gasteiger charge is 2.28. The lowest BCUT2D eigenvalue weighted by atomic mass is 10.2. The number of aryl methyl sites for hydroxylation is 1. The molecule has 0 spiro atoms. The van der Waals surface area contributed by atoms with Crippen molar-refractivity contribution in [2.75, 3.05) is 44.2 Å². The van der Waals surface area contributed by atoms with Crippen molar-refractivity contribution in [1.29, 1.82) is 0 Å². The minimum atomic E-state index is 0.734. The molecule has 2 fully saturated rings. The van der Waals surface area contributed by atoms with Crippen LogP contribution in [0.25, 0.3) is 0 Å². The SMILES string of the molecule is Cc1cc(Br)ccc1N1CCC(N2CCCNCC2)C1. The van der Waals surface area contributed by atoms with Crippen LogP contribution < -0.4 is 10.2 Å². The first-order valence-corrected chi connectivity index (χ1v) is 8.49. The van der Waals surface area contributed by atoms with Crippen LogP contribution in [0.3, 0.4) is 0 Å². The summed E-state index contributed by atoms with van der Waals surface area (Å²) >= 11 is 3.55. The highest BCUT2D eigenvalue weighted by atomic mass is 79.9. The molecule has 2 aliphatic heterocycles. The molecule has 1 aromatic carbocycles. The van der Waals surface area contributed by atoms with Gasteiger partial charge in [-0.2, -0.15) is 0 Å². The fraction of sp³-hybridized carbons (Fsp3) is 0.625. The Hall–Kier alpha value is -0.580. The summed E-state index contributed by atoms with van der Waals surface area (Å²) in [5.74, 6) is 0. The number of nitrogens with one attached hydrogen (secondary N) is 1. The molecular weight excluding hydrogens is 314 g/mol. The predicted molar refractivity (Wildman–Crippen MR) is 88.6 cm³/mol. The summed E-state index contributed by atoms with van der Waals surface area (Å²) in [5, 5.41) is 3.50. The zero-order chi connectivity index (χ0) is 13.9. The molecule has 2 heterocycles. The van der Waals surface area contributed by atoms with Crippen molar-refractivity contribution in [2.24, 2.45) is 0 Å². The van der Waals surface area contributed by atoms with Crippen LogP contribution in [0, 0.1) is 6.92 Å². The van der Waals surface area contributed by atoms with Gasteiger partial charge in [-0.3, -0.25) is 4.90 Å².